The molecule has 0 atom stereocenters. The summed E-state index contributed by atoms with van der Waals surface area (Å²) in [4.78, 5) is 4.10. The van der Waals surface area contributed by atoms with Gasteiger partial charge < -0.3 is 19.9 Å². The van der Waals surface area contributed by atoms with Crippen molar-refractivity contribution in [2.24, 2.45) is 5.10 Å². The highest BCUT2D eigenvalue weighted by atomic mass is 16.7. The third-order valence-electron chi connectivity index (χ3n) is 3.54. The van der Waals surface area contributed by atoms with E-state index in [4.69, 9.17) is 19.9 Å². The van der Waals surface area contributed by atoms with Crippen molar-refractivity contribution >= 4 is 12.2 Å². The van der Waals surface area contributed by atoms with Gasteiger partial charge in [0.1, 0.15) is 5.75 Å². The lowest BCUT2D eigenvalue weighted by Crippen LogP contribution is -2.26. The van der Waals surface area contributed by atoms with Crippen LogP contribution >= 0.6 is 0 Å². The topological polar surface area (TPSA) is 83.9 Å². The lowest BCUT2D eigenvalue weighted by Gasteiger charge is -2.23. The molecule has 0 radical (unpaired) electrons. The number of ether oxygens (including phenoxy) is 3. The zero-order chi connectivity index (χ0) is 16.8. The molecule has 2 aromatic rings. The lowest BCUT2D eigenvalue weighted by molar-refractivity contribution is -0.183. The van der Waals surface area contributed by atoms with Crippen molar-refractivity contribution in [3.05, 3.63) is 41.7 Å². The minimum absolute atomic E-state index is 0.157. The van der Waals surface area contributed by atoms with E-state index in [2.05, 4.69) is 10.1 Å². The predicted octanol–water partition coefficient (Wildman–Crippen LogP) is 2.19. The Bertz CT molecular complexity index is 693. The summed E-state index contributed by atoms with van der Waals surface area (Å²) in [6.07, 6.45) is 5.01. The van der Waals surface area contributed by atoms with Crippen molar-refractivity contribution in [3.8, 4) is 5.75 Å². The molecule has 24 heavy (non-hydrogen) atoms. The number of benzene rings is 1. The number of aryl methyl sites for hydroxylation is 1. The van der Waals surface area contributed by atoms with Crippen LogP contribution < -0.4 is 10.5 Å². The van der Waals surface area contributed by atoms with Gasteiger partial charge in [0.05, 0.1) is 37.9 Å². The molecule has 1 aromatic heterocycles. The number of rotatable bonds is 6. The first-order valence-electron chi connectivity index (χ1n) is 8.02. The molecule has 128 valence electrons. The first kappa shape index (κ1) is 16.5. The van der Waals surface area contributed by atoms with Crippen molar-refractivity contribution in [2.75, 3.05) is 25.6 Å². The van der Waals surface area contributed by atoms with E-state index in [0.29, 0.717) is 19.0 Å². The highest BCUT2D eigenvalue weighted by molar-refractivity contribution is 5.80. The van der Waals surface area contributed by atoms with Gasteiger partial charge in [-0.25, -0.2) is 9.66 Å². The van der Waals surface area contributed by atoms with Crippen LogP contribution in [0.3, 0.4) is 0 Å². The van der Waals surface area contributed by atoms with Crippen LogP contribution in [-0.2, 0) is 9.47 Å². The largest absolute Gasteiger partial charge is 0.493 e. The summed E-state index contributed by atoms with van der Waals surface area (Å²) >= 11 is 0. The second-order valence-electron chi connectivity index (χ2n) is 5.56. The summed E-state index contributed by atoms with van der Waals surface area (Å²) < 4.78 is 18.3. The van der Waals surface area contributed by atoms with Crippen molar-refractivity contribution in [1.82, 2.24) is 9.66 Å². The third kappa shape index (κ3) is 4.56. The molecule has 0 spiro atoms. The van der Waals surface area contributed by atoms with E-state index in [9.17, 15) is 0 Å². The molecular formula is C17H22N4O3. The molecule has 1 aliphatic heterocycles. The molecule has 0 amide bonds. The summed E-state index contributed by atoms with van der Waals surface area (Å²) in [7, 11) is 0. The van der Waals surface area contributed by atoms with Crippen LogP contribution in [0.25, 0.3) is 0 Å². The lowest BCUT2D eigenvalue weighted by atomic mass is 10.2. The fraction of sp³-hybridized carbons (Fsp3) is 0.412. The molecule has 1 fully saturated rings. The molecule has 2 N–H and O–H groups in total. The van der Waals surface area contributed by atoms with Crippen LogP contribution in [0.15, 0.2) is 35.6 Å². The maximum absolute atomic E-state index is 5.76. The molecule has 0 bridgehead atoms. The van der Waals surface area contributed by atoms with Gasteiger partial charge in [0, 0.05) is 6.42 Å². The molecule has 1 aromatic carbocycles. The summed E-state index contributed by atoms with van der Waals surface area (Å²) in [6, 6.07) is 7.71. The number of hydrogen-bond acceptors (Lipinski definition) is 6. The number of anilines is 1. The van der Waals surface area contributed by atoms with E-state index in [1.165, 1.54) is 0 Å². The summed E-state index contributed by atoms with van der Waals surface area (Å²) in [6.45, 7) is 3.93. The Kier molecular flexibility index (Phi) is 5.45. The Morgan fingerprint density at radius 3 is 3.00 bits per heavy atom. The van der Waals surface area contributed by atoms with Crippen LogP contribution in [0.4, 0.5) is 5.95 Å². The van der Waals surface area contributed by atoms with Crippen molar-refractivity contribution < 1.29 is 14.2 Å². The van der Waals surface area contributed by atoms with Gasteiger partial charge in [-0.05, 0) is 31.0 Å². The predicted molar refractivity (Wildman–Crippen MR) is 91.2 cm³/mol. The van der Waals surface area contributed by atoms with E-state index < -0.39 is 0 Å². The molecule has 1 saturated heterocycles. The summed E-state index contributed by atoms with van der Waals surface area (Å²) in [5, 5.41) is 4.30. The zero-order valence-corrected chi connectivity index (χ0v) is 13.7. The molecule has 7 heteroatoms. The molecular weight excluding hydrogens is 308 g/mol. The normalized spacial score (nSPS) is 15.9. The van der Waals surface area contributed by atoms with Crippen LogP contribution in [0.1, 0.15) is 24.1 Å². The third-order valence-corrected chi connectivity index (χ3v) is 3.54. The van der Waals surface area contributed by atoms with Crippen molar-refractivity contribution in [2.45, 2.75) is 26.1 Å². The standard InChI is InChI=1S/C17H22N4O3/c1-13-12-21(17(18)20-13)19-11-14-4-2-5-15(10-14)22-9-6-16-23-7-3-8-24-16/h2,4-5,10-12,16H,3,6-9H2,1H3,(H2,18,20). The zero-order valence-electron chi connectivity index (χ0n) is 13.7. The summed E-state index contributed by atoms with van der Waals surface area (Å²) in [5.74, 6) is 1.15. The number of imidazole rings is 1. The Morgan fingerprint density at radius 2 is 2.25 bits per heavy atom. The average Bonchev–Trinajstić information content (AvgIpc) is 2.92. The van der Waals surface area contributed by atoms with Crippen LogP contribution in [0, 0.1) is 6.92 Å². The monoisotopic (exact) mass is 330 g/mol. The van der Waals surface area contributed by atoms with E-state index in [1.807, 2.05) is 31.2 Å². The number of nitrogen functional groups attached to an aromatic ring is 1. The molecule has 0 saturated carbocycles. The van der Waals surface area contributed by atoms with E-state index in [0.717, 1.165) is 36.6 Å². The molecule has 2 heterocycles. The number of nitrogens with two attached hydrogens (primary N) is 1. The van der Waals surface area contributed by atoms with Gasteiger partial charge in [0.25, 0.3) is 0 Å². The average molecular weight is 330 g/mol. The van der Waals surface area contributed by atoms with Gasteiger partial charge >= 0.3 is 0 Å². The molecule has 1 aliphatic rings. The second kappa shape index (κ2) is 7.94. The SMILES string of the molecule is Cc1cn(N=Cc2cccc(OCCC3OCCCO3)c2)c(N)n1. The van der Waals surface area contributed by atoms with Gasteiger partial charge in [-0.2, -0.15) is 5.10 Å². The number of nitrogens with zero attached hydrogens (tertiary/aromatic N) is 3. The Morgan fingerprint density at radius 1 is 1.42 bits per heavy atom. The number of aromatic nitrogens is 2. The Hall–Kier alpha value is -2.38. The van der Waals surface area contributed by atoms with Crippen LogP contribution in [-0.4, -0.2) is 42.0 Å². The van der Waals surface area contributed by atoms with E-state index >= 15 is 0 Å². The van der Waals surface area contributed by atoms with Gasteiger partial charge in [-0.1, -0.05) is 12.1 Å². The Labute approximate surface area is 141 Å². The molecule has 0 unspecified atom stereocenters. The van der Waals surface area contributed by atoms with Crippen molar-refractivity contribution in [1.29, 1.82) is 0 Å². The van der Waals surface area contributed by atoms with Crippen LogP contribution in [0.5, 0.6) is 5.75 Å². The smallest absolute Gasteiger partial charge is 0.221 e. The molecule has 0 aliphatic carbocycles. The highest BCUT2D eigenvalue weighted by Crippen LogP contribution is 2.14. The van der Waals surface area contributed by atoms with Gasteiger partial charge in [0.15, 0.2) is 6.29 Å². The molecule has 7 nitrogen and oxygen atoms in total. The minimum Gasteiger partial charge on any atom is -0.493 e. The summed E-state index contributed by atoms with van der Waals surface area (Å²) in [5.41, 5.74) is 7.51. The fourth-order valence-corrected chi connectivity index (χ4v) is 2.39. The van der Waals surface area contributed by atoms with Gasteiger partial charge in [0.2, 0.25) is 5.95 Å². The first-order chi connectivity index (χ1) is 11.7. The highest BCUT2D eigenvalue weighted by Gasteiger charge is 2.13. The van der Waals surface area contributed by atoms with Gasteiger partial charge in [-0.3, -0.25) is 0 Å². The fourth-order valence-electron chi connectivity index (χ4n) is 2.39. The van der Waals surface area contributed by atoms with Gasteiger partial charge in [-0.15, -0.1) is 0 Å². The Balaban J connectivity index is 1.54. The molecule has 3 rings (SSSR count). The maximum Gasteiger partial charge on any atom is 0.221 e. The maximum atomic E-state index is 5.76. The first-order valence-corrected chi connectivity index (χ1v) is 8.02. The quantitative estimate of drug-likeness (QED) is 0.821. The minimum atomic E-state index is -0.157. The van der Waals surface area contributed by atoms with Crippen molar-refractivity contribution in [3.63, 3.8) is 0 Å². The second-order valence-corrected chi connectivity index (χ2v) is 5.56. The number of hydrogen-bond donors (Lipinski definition) is 1. The van der Waals surface area contributed by atoms with E-state index in [1.54, 1.807) is 17.1 Å². The van der Waals surface area contributed by atoms with Crippen LogP contribution in [0.2, 0.25) is 0 Å². The van der Waals surface area contributed by atoms with E-state index in [-0.39, 0.29) is 6.29 Å².